The number of nitrogens with one attached hydrogen (secondary N) is 1. The molecular formula is C13H20ClNS. The number of halogens is 1. The third kappa shape index (κ3) is 6.41. The smallest absolute Gasteiger partial charge is 0.0406 e. The second-order valence-corrected chi connectivity index (χ2v) is 5.36. The lowest BCUT2D eigenvalue weighted by molar-refractivity contribution is 0.635. The van der Waals surface area contributed by atoms with Crippen LogP contribution in [0, 0.1) is 0 Å². The van der Waals surface area contributed by atoms with Crippen molar-refractivity contribution in [3.8, 4) is 0 Å². The Morgan fingerprint density at radius 3 is 2.56 bits per heavy atom. The molecular weight excluding hydrogens is 238 g/mol. The summed E-state index contributed by atoms with van der Waals surface area (Å²) >= 11 is 7.73. The molecule has 0 radical (unpaired) electrons. The van der Waals surface area contributed by atoms with Crippen LogP contribution in [0.4, 0.5) is 0 Å². The van der Waals surface area contributed by atoms with Gasteiger partial charge in [-0.2, -0.15) is 0 Å². The van der Waals surface area contributed by atoms with Gasteiger partial charge in [-0.15, -0.1) is 11.8 Å². The van der Waals surface area contributed by atoms with E-state index in [-0.39, 0.29) is 0 Å². The zero-order valence-corrected chi connectivity index (χ0v) is 11.4. The Hall–Kier alpha value is -0.180. The van der Waals surface area contributed by atoms with Crippen LogP contribution in [0.1, 0.15) is 26.2 Å². The predicted molar refractivity (Wildman–Crippen MR) is 74.6 cm³/mol. The summed E-state index contributed by atoms with van der Waals surface area (Å²) in [4.78, 5) is 1.31. The van der Waals surface area contributed by atoms with Gasteiger partial charge in [-0.1, -0.05) is 18.5 Å². The lowest BCUT2D eigenvalue weighted by Gasteiger charge is -2.03. The second-order valence-electron chi connectivity index (χ2n) is 3.76. The molecule has 0 atom stereocenters. The average molecular weight is 258 g/mol. The van der Waals surface area contributed by atoms with Crippen LogP contribution in [0.2, 0.25) is 5.02 Å². The van der Waals surface area contributed by atoms with Crippen LogP contribution >= 0.6 is 23.4 Å². The lowest BCUT2D eigenvalue weighted by Crippen LogP contribution is -2.15. The molecule has 1 nitrogen and oxygen atoms in total. The highest BCUT2D eigenvalue weighted by molar-refractivity contribution is 7.99. The fourth-order valence-electron chi connectivity index (χ4n) is 1.37. The van der Waals surface area contributed by atoms with Crippen molar-refractivity contribution in [3.63, 3.8) is 0 Å². The van der Waals surface area contributed by atoms with E-state index in [0.717, 1.165) is 18.1 Å². The van der Waals surface area contributed by atoms with Crippen LogP contribution in [-0.2, 0) is 0 Å². The van der Waals surface area contributed by atoms with Crippen molar-refractivity contribution >= 4 is 23.4 Å². The Balaban J connectivity index is 2.01. The van der Waals surface area contributed by atoms with E-state index in [0.29, 0.717) is 0 Å². The van der Waals surface area contributed by atoms with E-state index in [1.807, 2.05) is 23.9 Å². The minimum atomic E-state index is 0.813. The first-order chi connectivity index (χ1) is 7.83. The summed E-state index contributed by atoms with van der Waals surface area (Å²) in [7, 11) is 0. The molecule has 0 amide bonds. The molecule has 0 spiro atoms. The molecule has 0 aliphatic rings. The van der Waals surface area contributed by atoms with E-state index in [2.05, 4.69) is 24.4 Å². The molecule has 1 aromatic rings. The van der Waals surface area contributed by atoms with Gasteiger partial charge < -0.3 is 5.32 Å². The van der Waals surface area contributed by atoms with Crippen LogP contribution in [0.5, 0.6) is 0 Å². The van der Waals surface area contributed by atoms with Crippen molar-refractivity contribution in [3.05, 3.63) is 29.3 Å². The van der Waals surface area contributed by atoms with Gasteiger partial charge in [0.05, 0.1) is 0 Å². The van der Waals surface area contributed by atoms with Gasteiger partial charge in [-0.3, -0.25) is 0 Å². The van der Waals surface area contributed by atoms with Gasteiger partial charge in [0.1, 0.15) is 0 Å². The Morgan fingerprint density at radius 2 is 1.88 bits per heavy atom. The van der Waals surface area contributed by atoms with E-state index in [1.165, 1.54) is 29.9 Å². The molecule has 0 aromatic heterocycles. The molecule has 0 saturated carbocycles. The summed E-state index contributed by atoms with van der Waals surface area (Å²) in [5.41, 5.74) is 0. The van der Waals surface area contributed by atoms with Crippen LogP contribution < -0.4 is 5.32 Å². The third-order valence-electron chi connectivity index (χ3n) is 2.26. The van der Waals surface area contributed by atoms with Crippen molar-refractivity contribution in [2.45, 2.75) is 31.1 Å². The van der Waals surface area contributed by atoms with Gasteiger partial charge in [-0.25, -0.2) is 0 Å². The van der Waals surface area contributed by atoms with Gasteiger partial charge in [0, 0.05) is 9.92 Å². The Kier molecular flexibility index (Phi) is 7.73. The maximum Gasteiger partial charge on any atom is 0.0406 e. The molecule has 0 unspecified atom stereocenters. The maximum absolute atomic E-state index is 5.83. The van der Waals surface area contributed by atoms with Gasteiger partial charge >= 0.3 is 0 Å². The summed E-state index contributed by atoms with van der Waals surface area (Å²) in [5, 5.41) is 4.23. The second kappa shape index (κ2) is 8.91. The highest BCUT2D eigenvalue weighted by Crippen LogP contribution is 2.21. The molecule has 0 aliphatic carbocycles. The van der Waals surface area contributed by atoms with Gasteiger partial charge in [0.25, 0.3) is 0 Å². The molecule has 0 saturated heterocycles. The van der Waals surface area contributed by atoms with Crippen LogP contribution in [0.3, 0.4) is 0 Å². The standard InChI is InChI=1S/C13H20ClNS/c1-2-9-15-10-3-4-11-16-13-7-5-12(14)6-8-13/h5-8,15H,2-4,9-11H2,1H3. The Bertz CT molecular complexity index is 274. The lowest BCUT2D eigenvalue weighted by atomic mass is 10.3. The zero-order chi connectivity index (χ0) is 11.6. The van der Waals surface area contributed by atoms with E-state index in [1.54, 1.807) is 0 Å². The number of benzene rings is 1. The third-order valence-corrected chi connectivity index (χ3v) is 3.61. The fraction of sp³-hybridized carbons (Fsp3) is 0.538. The van der Waals surface area contributed by atoms with Crippen molar-refractivity contribution in [2.75, 3.05) is 18.8 Å². The van der Waals surface area contributed by atoms with E-state index in [4.69, 9.17) is 11.6 Å². The highest BCUT2D eigenvalue weighted by atomic mass is 35.5. The number of hydrogen-bond donors (Lipinski definition) is 1. The van der Waals surface area contributed by atoms with Crippen molar-refractivity contribution in [1.29, 1.82) is 0 Å². The van der Waals surface area contributed by atoms with Gasteiger partial charge in [0.2, 0.25) is 0 Å². The molecule has 3 heteroatoms. The summed E-state index contributed by atoms with van der Waals surface area (Å²) in [6, 6.07) is 8.07. The summed E-state index contributed by atoms with van der Waals surface area (Å²) in [6.07, 6.45) is 3.75. The van der Waals surface area contributed by atoms with Crippen LogP contribution in [0.25, 0.3) is 0 Å². The zero-order valence-electron chi connectivity index (χ0n) is 9.84. The SMILES string of the molecule is CCCNCCCCSc1ccc(Cl)cc1. The van der Waals surface area contributed by atoms with Gasteiger partial charge in [-0.05, 0) is 62.4 Å². The maximum atomic E-state index is 5.83. The van der Waals surface area contributed by atoms with Crippen LogP contribution in [-0.4, -0.2) is 18.8 Å². The Morgan fingerprint density at radius 1 is 1.12 bits per heavy atom. The number of thioether (sulfide) groups is 1. The minimum absolute atomic E-state index is 0.813. The normalized spacial score (nSPS) is 10.6. The first kappa shape index (κ1) is 13.9. The van der Waals surface area contributed by atoms with Gasteiger partial charge in [0.15, 0.2) is 0 Å². The number of rotatable bonds is 8. The average Bonchev–Trinajstić information content (AvgIpc) is 2.30. The molecule has 0 bridgehead atoms. The van der Waals surface area contributed by atoms with E-state index < -0.39 is 0 Å². The fourth-order valence-corrected chi connectivity index (χ4v) is 2.41. The largest absolute Gasteiger partial charge is 0.317 e. The van der Waals surface area contributed by atoms with Crippen molar-refractivity contribution in [2.24, 2.45) is 0 Å². The molecule has 0 aliphatic heterocycles. The first-order valence-corrected chi connectivity index (χ1v) is 7.28. The Labute approximate surface area is 108 Å². The molecule has 0 heterocycles. The van der Waals surface area contributed by atoms with E-state index >= 15 is 0 Å². The predicted octanol–water partition coefficient (Wildman–Crippen LogP) is 4.21. The van der Waals surface area contributed by atoms with Crippen molar-refractivity contribution in [1.82, 2.24) is 5.32 Å². The summed E-state index contributed by atoms with van der Waals surface area (Å²) < 4.78 is 0. The van der Waals surface area contributed by atoms with Crippen LogP contribution in [0.15, 0.2) is 29.2 Å². The molecule has 90 valence electrons. The minimum Gasteiger partial charge on any atom is -0.317 e. The molecule has 1 aromatic carbocycles. The number of unbranched alkanes of at least 4 members (excludes halogenated alkanes) is 1. The quantitative estimate of drug-likeness (QED) is 0.553. The molecule has 16 heavy (non-hydrogen) atoms. The summed E-state index contributed by atoms with van der Waals surface area (Å²) in [6.45, 7) is 4.49. The summed E-state index contributed by atoms with van der Waals surface area (Å²) in [5.74, 6) is 1.19. The molecule has 1 rings (SSSR count). The number of hydrogen-bond acceptors (Lipinski definition) is 2. The topological polar surface area (TPSA) is 12.0 Å². The monoisotopic (exact) mass is 257 g/mol. The first-order valence-electron chi connectivity index (χ1n) is 5.92. The molecule has 0 fully saturated rings. The molecule has 1 N–H and O–H groups in total. The highest BCUT2D eigenvalue weighted by Gasteiger charge is 1.94. The van der Waals surface area contributed by atoms with Crippen molar-refractivity contribution < 1.29 is 0 Å². The van der Waals surface area contributed by atoms with E-state index in [9.17, 15) is 0 Å².